The van der Waals surface area contributed by atoms with Gasteiger partial charge in [0.05, 0.1) is 6.61 Å². The topological polar surface area (TPSA) is 66.8 Å². The first-order valence-electron chi connectivity index (χ1n) is 9.21. The lowest BCUT2D eigenvalue weighted by molar-refractivity contribution is -0.121. The van der Waals surface area contributed by atoms with E-state index in [-0.39, 0.29) is 17.5 Å². The minimum Gasteiger partial charge on any atom is -0.508 e. The van der Waals surface area contributed by atoms with Crippen molar-refractivity contribution in [2.45, 2.75) is 46.0 Å². The summed E-state index contributed by atoms with van der Waals surface area (Å²) in [6.07, 6.45) is 3.81. The molecule has 0 aliphatic rings. The molecule has 4 nitrogen and oxygen atoms in total. The van der Waals surface area contributed by atoms with Crippen LogP contribution in [0.15, 0.2) is 42.5 Å². The Bertz CT molecular complexity index is 722. The van der Waals surface area contributed by atoms with E-state index < -0.39 is 0 Å². The third-order valence-corrected chi connectivity index (χ3v) is 4.36. The van der Waals surface area contributed by atoms with Gasteiger partial charge in [-0.1, -0.05) is 32.0 Å². The second-order valence-corrected chi connectivity index (χ2v) is 6.90. The molecule has 0 spiro atoms. The molecule has 0 radical (unpaired) electrons. The van der Waals surface area contributed by atoms with E-state index in [0.717, 1.165) is 30.4 Å². The van der Waals surface area contributed by atoms with Gasteiger partial charge in [0.1, 0.15) is 11.5 Å². The lowest BCUT2D eigenvalue weighted by Gasteiger charge is -2.10. The fourth-order valence-corrected chi connectivity index (χ4v) is 2.72. The summed E-state index contributed by atoms with van der Waals surface area (Å²) in [7, 11) is 0. The Morgan fingerprint density at radius 1 is 1.00 bits per heavy atom. The number of Topliss-reactive ketones (excluding diaryl/α,β-unsaturated/α-hetero) is 1. The molecule has 0 heterocycles. The Labute approximate surface area is 155 Å². The van der Waals surface area contributed by atoms with E-state index in [1.54, 1.807) is 24.3 Å². The normalized spacial score (nSPS) is 10.9. The number of hydrogen-bond acceptors (Lipinski definition) is 4. The molecule has 0 amide bonds. The number of hydrogen-bond donors (Lipinski definition) is 2. The van der Waals surface area contributed by atoms with Gasteiger partial charge in [-0.15, -0.1) is 0 Å². The molecule has 2 rings (SSSR count). The van der Waals surface area contributed by atoms with Crippen LogP contribution in [0, 0.1) is 5.92 Å². The first-order chi connectivity index (χ1) is 12.5. The van der Waals surface area contributed by atoms with Crippen molar-refractivity contribution in [3.63, 3.8) is 0 Å². The summed E-state index contributed by atoms with van der Waals surface area (Å²) in [6, 6.07) is 12.6. The smallest absolute Gasteiger partial charge is 0.160 e. The Balaban J connectivity index is 1.73. The number of ketones is 1. The van der Waals surface area contributed by atoms with E-state index in [4.69, 9.17) is 4.74 Å². The molecular weight excluding hydrogens is 328 g/mol. The van der Waals surface area contributed by atoms with Crippen LogP contribution in [-0.2, 0) is 17.6 Å². The fourth-order valence-electron chi connectivity index (χ4n) is 2.72. The standard InChI is InChI=1S/C22H28O4/c1-16(2)20(24)11-9-18-10-12-22(21(25)15-18)26-13-4-3-6-17-7-5-8-19(23)14-17/h5,7-8,10,12,14-16,23,25H,3-4,6,9,11,13H2,1-2H3. The highest BCUT2D eigenvalue weighted by molar-refractivity contribution is 5.80. The molecule has 2 aromatic carbocycles. The summed E-state index contributed by atoms with van der Waals surface area (Å²) >= 11 is 0. The van der Waals surface area contributed by atoms with Crippen molar-refractivity contribution in [2.24, 2.45) is 5.92 Å². The minimum atomic E-state index is 0.0473. The molecule has 4 heteroatoms. The first kappa shape index (κ1) is 19.8. The number of rotatable bonds is 10. The monoisotopic (exact) mass is 356 g/mol. The van der Waals surface area contributed by atoms with E-state index in [1.807, 2.05) is 32.0 Å². The average molecular weight is 356 g/mol. The summed E-state index contributed by atoms with van der Waals surface area (Å²) in [5.74, 6) is 1.16. The molecule has 0 bridgehead atoms. The fraction of sp³-hybridized carbons (Fsp3) is 0.409. The van der Waals surface area contributed by atoms with Crippen molar-refractivity contribution in [3.8, 4) is 17.2 Å². The number of phenolic OH excluding ortho intramolecular Hbond substituents is 2. The van der Waals surface area contributed by atoms with Crippen LogP contribution >= 0.6 is 0 Å². The van der Waals surface area contributed by atoms with Gasteiger partial charge in [0.25, 0.3) is 0 Å². The second-order valence-electron chi connectivity index (χ2n) is 6.90. The number of carbonyl (C=O) groups is 1. The van der Waals surface area contributed by atoms with Crippen molar-refractivity contribution in [1.29, 1.82) is 0 Å². The van der Waals surface area contributed by atoms with Gasteiger partial charge in [-0.2, -0.15) is 0 Å². The van der Waals surface area contributed by atoms with Gasteiger partial charge < -0.3 is 14.9 Å². The van der Waals surface area contributed by atoms with Crippen molar-refractivity contribution in [3.05, 3.63) is 53.6 Å². The molecular formula is C22H28O4. The largest absolute Gasteiger partial charge is 0.508 e. The second kappa shape index (κ2) is 9.85. The number of aromatic hydroxyl groups is 2. The maximum absolute atomic E-state index is 11.7. The molecule has 0 aliphatic heterocycles. The number of ether oxygens (including phenoxy) is 1. The summed E-state index contributed by atoms with van der Waals surface area (Å²) in [5.41, 5.74) is 2.04. The Morgan fingerprint density at radius 2 is 1.77 bits per heavy atom. The van der Waals surface area contributed by atoms with Gasteiger partial charge >= 0.3 is 0 Å². The number of phenols is 2. The zero-order valence-electron chi connectivity index (χ0n) is 15.6. The van der Waals surface area contributed by atoms with E-state index in [1.165, 1.54) is 0 Å². The van der Waals surface area contributed by atoms with Crippen molar-refractivity contribution in [2.75, 3.05) is 6.61 Å². The third-order valence-electron chi connectivity index (χ3n) is 4.36. The molecule has 2 aromatic rings. The Hall–Kier alpha value is -2.49. The van der Waals surface area contributed by atoms with Crippen LogP contribution in [0.1, 0.15) is 44.2 Å². The van der Waals surface area contributed by atoms with Crippen molar-refractivity contribution < 1.29 is 19.7 Å². The molecule has 0 aliphatic carbocycles. The zero-order valence-corrected chi connectivity index (χ0v) is 15.6. The number of unbranched alkanes of at least 4 members (excludes halogenated alkanes) is 1. The molecule has 26 heavy (non-hydrogen) atoms. The van der Waals surface area contributed by atoms with Gasteiger partial charge in [-0.05, 0) is 61.1 Å². The van der Waals surface area contributed by atoms with Crippen LogP contribution < -0.4 is 4.74 Å². The lowest BCUT2D eigenvalue weighted by Crippen LogP contribution is -2.07. The summed E-state index contributed by atoms with van der Waals surface area (Å²) in [4.78, 5) is 11.7. The predicted octanol–water partition coefficient (Wildman–Crippen LogP) is 4.66. The maximum Gasteiger partial charge on any atom is 0.160 e. The van der Waals surface area contributed by atoms with Gasteiger partial charge in [-0.25, -0.2) is 0 Å². The van der Waals surface area contributed by atoms with Gasteiger partial charge in [0.2, 0.25) is 0 Å². The molecule has 0 aromatic heterocycles. The predicted molar refractivity (Wildman–Crippen MR) is 103 cm³/mol. The quantitative estimate of drug-likeness (QED) is 0.608. The van der Waals surface area contributed by atoms with Crippen LogP contribution in [0.2, 0.25) is 0 Å². The number of aryl methyl sites for hydroxylation is 2. The van der Waals surface area contributed by atoms with E-state index in [2.05, 4.69) is 0 Å². The Kier molecular flexibility index (Phi) is 7.52. The summed E-state index contributed by atoms with van der Waals surface area (Å²) < 4.78 is 5.65. The Morgan fingerprint density at radius 3 is 2.46 bits per heavy atom. The van der Waals surface area contributed by atoms with Crippen LogP contribution in [0.25, 0.3) is 0 Å². The zero-order chi connectivity index (χ0) is 18.9. The molecule has 0 saturated heterocycles. The molecule has 2 N–H and O–H groups in total. The molecule has 0 atom stereocenters. The van der Waals surface area contributed by atoms with E-state index in [0.29, 0.717) is 30.9 Å². The van der Waals surface area contributed by atoms with E-state index in [9.17, 15) is 15.0 Å². The number of carbonyl (C=O) groups excluding carboxylic acids is 1. The minimum absolute atomic E-state index is 0.0473. The first-order valence-corrected chi connectivity index (χ1v) is 9.21. The maximum atomic E-state index is 11.7. The number of benzene rings is 2. The van der Waals surface area contributed by atoms with Gasteiger partial charge in [0.15, 0.2) is 11.5 Å². The molecule has 140 valence electrons. The van der Waals surface area contributed by atoms with Crippen molar-refractivity contribution in [1.82, 2.24) is 0 Å². The third kappa shape index (κ3) is 6.43. The highest BCUT2D eigenvalue weighted by Crippen LogP contribution is 2.27. The average Bonchev–Trinajstić information content (AvgIpc) is 2.60. The van der Waals surface area contributed by atoms with Gasteiger partial charge in [0, 0.05) is 12.3 Å². The van der Waals surface area contributed by atoms with E-state index >= 15 is 0 Å². The highest BCUT2D eigenvalue weighted by Gasteiger charge is 2.09. The molecule has 0 unspecified atom stereocenters. The SMILES string of the molecule is CC(C)C(=O)CCc1ccc(OCCCCc2cccc(O)c2)c(O)c1. The van der Waals surface area contributed by atoms with Crippen LogP contribution in [0.3, 0.4) is 0 Å². The summed E-state index contributed by atoms with van der Waals surface area (Å²) in [5, 5.41) is 19.5. The van der Waals surface area contributed by atoms with Crippen molar-refractivity contribution >= 4 is 5.78 Å². The lowest BCUT2D eigenvalue weighted by atomic mass is 10.0. The van der Waals surface area contributed by atoms with Crippen LogP contribution in [0.5, 0.6) is 17.2 Å². The van der Waals surface area contributed by atoms with Crippen LogP contribution in [-0.4, -0.2) is 22.6 Å². The van der Waals surface area contributed by atoms with Crippen LogP contribution in [0.4, 0.5) is 0 Å². The highest BCUT2D eigenvalue weighted by atomic mass is 16.5. The summed E-state index contributed by atoms with van der Waals surface area (Å²) in [6.45, 7) is 4.33. The molecule has 0 saturated carbocycles. The van der Waals surface area contributed by atoms with Gasteiger partial charge in [-0.3, -0.25) is 4.79 Å². The molecule has 0 fully saturated rings.